The van der Waals surface area contributed by atoms with E-state index in [9.17, 15) is 0 Å². The van der Waals surface area contributed by atoms with Gasteiger partial charge in [-0.2, -0.15) is 0 Å². The molecular formula is C60H45NO. The molecule has 0 spiro atoms. The topological polar surface area (TPSA) is 16.4 Å². The lowest BCUT2D eigenvalue weighted by atomic mass is 9.81. The number of hydrogen-bond donors (Lipinski definition) is 0. The van der Waals surface area contributed by atoms with Crippen molar-refractivity contribution in [1.29, 1.82) is 0 Å². The minimum absolute atomic E-state index is 0.178. The first-order chi connectivity index (χ1) is 30.2. The second-order valence-corrected chi connectivity index (χ2v) is 18.2. The summed E-state index contributed by atoms with van der Waals surface area (Å²) in [4.78, 5) is 2.46. The van der Waals surface area contributed by atoms with Gasteiger partial charge in [0.25, 0.3) is 0 Å². The first kappa shape index (κ1) is 36.4. The minimum Gasteiger partial charge on any atom is -0.456 e. The van der Waals surface area contributed by atoms with E-state index in [0.717, 1.165) is 44.6 Å². The fourth-order valence-electron chi connectivity index (χ4n) is 10.5. The number of rotatable bonds is 6. The quantitative estimate of drug-likeness (QED) is 0.167. The average molecular weight is 796 g/mol. The maximum Gasteiger partial charge on any atom is 0.136 e. The normalized spacial score (nSPS) is 14.1. The third-order valence-electron chi connectivity index (χ3n) is 13.9. The van der Waals surface area contributed by atoms with Gasteiger partial charge in [-0.25, -0.2) is 0 Å². The molecule has 10 aromatic rings. The predicted octanol–water partition coefficient (Wildman–Crippen LogP) is 16.7. The molecule has 0 bridgehead atoms. The molecule has 1 heterocycles. The summed E-state index contributed by atoms with van der Waals surface area (Å²) in [6.07, 6.45) is 0. The Morgan fingerprint density at radius 1 is 0.306 bits per heavy atom. The van der Waals surface area contributed by atoms with Crippen LogP contribution in [0, 0.1) is 0 Å². The molecule has 62 heavy (non-hydrogen) atoms. The van der Waals surface area contributed by atoms with Crippen LogP contribution in [0.3, 0.4) is 0 Å². The molecule has 1 aromatic heterocycles. The van der Waals surface area contributed by atoms with Crippen molar-refractivity contribution in [2.24, 2.45) is 0 Å². The van der Waals surface area contributed by atoms with E-state index in [1.54, 1.807) is 0 Å². The molecule has 12 rings (SSSR count). The summed E-state index contributed by atoms with van der Waals surface area (Å²) in [5.74, 6) is 0. The summed E-state index contributed by atoms with van der Waals surface area (Å²) in [6.45, 7) is 9.53. The van der Waals surface area contributed by atoms with Gasteiger partial charge in [0.15, 0.2) is 0 Å². The molecular weight excluding hydrogens is 751 g/mol. The van der Waals surface area contributed by atoms with Crippen LogP contribution in [-0.2, 0) is 10.8 Å². The predicted molar refractivity (Wildman–Crippen MR) is 260 cm³/mol. The molecule has 2 aliphatic rings. The summed E-state index contributed by atoms with van der Waals surface area (Å²) >= 11 is 0. The first-order valence-electron chi connectivity index (χ1n) is 21.7. The van der Waals surface area contributed by atoms with E-state index < -0.39 is 0 Å². The maximum absolute atomic E-state index is 6.31. The molecule has 2 aliphatic carbocycles. The third-order valence-corrected chi connectivity index (χ3v) is 13.9. The van der Waals surface area contributed by atoms with Gasteiger partial charge < -0.3 is 9.32 Å². The lowest BCUT2D eigenvalue weighted by molar-refractivity contribution is 0.660. The number of para-hydroxylation sites is 1. The maximum atomic E-state index is 6.31. The van der Waals surface area contributed by atoms with Crippen molar-refractivity contribution in [3.63, 3.8) is 0 Å². The van der Waals surface area contributed by atoms with Crippen LogP contribution < -0.4 is 4.90 Å². The molecule has 0 aliphatic heterocycles. The van der Waals surface area contributed by atoms with Crippen LogP contribution in [0.2, 0.25) is 0 Å². The lowest BCUT2D eigenvalue weighted by Gasteiger charge is -2.30. The van der Waals surface area contributed by atoms with Crippen LogP contribution in [0.15, 0.2) is 205 Å². The minimum atomic E-state index is -0.221. The SMILES string of the molecule is CC1(C)c2cc(-c3ccccc3)ccc2-c2ccc(N(c3ccc(-c4ccccc4)cc3)c3ccc4c(c3)C(C)(C)c3cc(-c5ccc6c(c5)oc5ccccc56)ccc3-4)cc21. The summed E-state index contributed by atoms with van der Waals surface area (Å²) in [7, 11) is 0. The number of anilines is 3. The molecule has 0 radical (unpaired) electrons. The fraction of sp³-hybridized carbons (Fsp3) is 0.100. The largest absolute Gasteiger partial charge is 0.456 e. The molecule has 296 valence electrons. The van der Waals surface area contributed by atoms with Gasteiger partial charge in [0.2, 0.25) is 0 Å². The summed E-state index contributed by atoms with van der Waals surface area (Å²) in [5.41, 5.74) is 22.8. The lowest BCUT2D eigenvalue weighted by Crippen LogP contribution is -2.18. The third kappa shape index (κ3) is 5.56. The summed E-state index contributed by atoms with van der Waals surface area (Å²) in [6, 6.07) is 73.6. The zero-order chi connectivity index (χ0) is 41.7. The van der Waals surface area contributed by atoms with Crippen molar-refractivity contribution in [1.82, 2.24) is 0 Å². The molecule has 0 N–H and O–H groups in total. The second-order valence-electron chi connectivity index (χ2n) is 18.2. The molecule has 2 heteroatoms. The van der Waals surface area contributed by atoms with Crippen molar-refractivity contribution in [2.75, 3.05) is 4.90 Å². The van der Waals surface area contributed by atoms with Gasteiger partial charge >= 0.3 is 0 Å². The zero-order valence-corrected chi connectivity index (χ0v) is 35.4. The smallest absolute Gasteiger partial charge is 0.136 e. The highest BCUT2D eigenvalue weighted by molar-refractivity contribution is 6.06. The molecule has 0 atom stereocenters. The Labute approximate surface area is 363 Å². The summed E-state index contributed by atoms with van der Waals surface area (Å²) in [5, 5.41) is 2.31. The number of benzene rings is 9. The Bertz CT molecular complexity index is 3390. The van der Waals surface area contributed by atoms with Gasteiger partial charge in [-0.3, -0.25) is 0 Å². The van der Waals surface area contributed by atoms with E-state index in [1.165, 1.54) is 72.3 Å². The molecule has 9 aromatic carbocycles. The van der Waals surface area contributed by atoms with Crippen molar-refractivity contribution >= 4 is 39.0 Å². The van der Waals surface area contributed by atoms with Gasteiger partial charge in [-0.05, 0) is 145 Å². The molecule has 2 nitrogen and oxygen atoms in total. The monoisotopic (exact) mass is 795 g/mol. The highest BCUT2D eigenvalue weighted by Gasteiger charge is 2.38. The van der Waals surface area contributed by atoms with Crippen molar-refractivity contribution in [3.8, 4) is 55.6 Å². The highest BCUT2D eigenvalue weighted by Crippen LogP contribution is 2.54. The van der Waals surface area contributed by atoms with Gasteiger partial charge in [0.1, 0.15) is 11.2 Å². The standard InChI is InChI=1S/C60H45NO/c1-59(2)53-33-41(39-15-9-6-10-16-39)21-28-47(53)49-31-26-45(36-55(49)59)61(44-24-19-40(20-25-44)38-13-7-5-8-14-38)46-27-32-50-48-29-22-42(34-54(48)60(3,4)56(50)37-46)43-23-30-52-51-17-11-12-18-57(51)62-58(52)35-43/h5-37H,1-4H3. The van der Waals surface area contributed by atoms with Crippen LogP contribution >= 0.6 is 0 Å². The van der Waals surface area contributed by atoms with E-state index >= 15 is 0 Å². The average Bonchev–Trinajstić information content (AvgIpc) is 3.88. The van der Waals surface area contributed by atoms with E-state index in [-0.39, 0.29) is 10.8 Å². The molecule has 0 saturated heterocycles. The summed E-state index contributed by atoms with van der Waals surface area (Å²) < 4.78 is 6.31. The van der Waals surface area contributed by atoms with Gasteiger partial charge in [-0.1, -0.05) is 161 Å². The molecule has 0 unspecified atom stereocenters. The van der Waals surface area contributed by atoms with E-state index in [4.69, 9.17) is 4.42 Å². The number of furan rings is 1. The van der Waals surface area contributed by atoms with Gasteiger partial charge in [-0.15, -0.1) is 0 Å². The van der Waals surface area contributed by atoms with Crippen LogP contribution in [0.1, 0.15) is 49.9 Å². The van der Waals surface area contributed by atoms with Crippen LogP contribution in [0.25, 0.3) is 77.6 Å². The Balaban J connectivity index is 0.952. The van der Waals surface area contributed by atoms with E-state index in [2.05, 4.69) is 221 Å². The van der Waals surface area contributed by atoms with Gasteiger partial charge in [0.05, 0.1) is 0 Å². The molecule has 0 saturated carbocycles. The zero-order valence-electron chi connectivity index (χ0n) is 35.4. The highest BCUT2D eigenvalue weighted by atomic mass is 16.3. The number of nitrogens with zero attached hydrogens (tertiary/aromatic N) is 1. The van der Waals surface area contributed by atoms with Crippen molar-refractivity contribution in [3.05, 3.63) is 222 Å². The van der Waals surface area contributed by atoms with Crippen LogP contribution in [0.5, 0.6) is 0 Å². The fourth-order valence-corrected chi connectivity index (χ4v) is 10.5. The number of fused-ring (bicyclic) bond motifs is 9. The van der Waals surface area contributed by atoms with Gasteiger partial charge in [0, 0.05) is 38.7 Å². The van der Waals surface area contributed by atoms with Crippen molar-refractivity contribution in [2.45, 2.75) is 38.5 Å². The second kappa shape index (κ2) is 13.5. The Hall–Kier alpha value is -7.42. The Morgan fingerprint density at radius 3 is 1.27 bits per heavy atom. The first-order valence-corrected chi connectivity index (χ1v) is 21.7. The Morgan fingerprint density at radius 2 is 0.694 bits per heavy atom. The Kier molecular flexibility index (Phi) is 7.96. The van der Waals surface area contributed by atoms with Crippen LogP contribution in [0.4, 0.5) is 17.1 Å². The molecule has 0 amide bonds. The number of hydrogen-bond acceptors (Lipinski definition) is 2. The molecule has 0 fully saturated rings. The van der Waals surface area contributed by atoms with Crippen molar-refractivity contribution < 1.29 is 4.42 Å². The van der Waals surface area contributed by atoms with Crippen LogP contribution in [-0.4, -0.2) is 0 Å². The van der Waals surface area contributed by atoms with E-state index in [0.29, 0.717) is 0 Å². The van der Waals surface area contributed by atoms with E-state index in [1.807, 2.05) is 12.1 Å².